The molecule has 0 atom stereocenters. The molecule has 0 saturated heterocycles. The van der Waals surface area contributed by atoms with Crippen LogP contribution in [0.15, 0.2) is 64.3 Å². The minimum atomic E-state index is -0.381. The number of anilines is 1. The summed E-state index contributed by atoms with van der Waals surface area (Å²) in [5.74, 6) is 0.0487. The van der Waals surface area contributed by atoms with Crippen LogP contribution in [0, 0.1) is 0 Å². The molecule has 0 unspecified atom stereocenters. The molecule has 1 aliphatic rings. The van der Waals surface area contributed by atoms with Crippen molar-refractivity contribution in [3.63, 3.8) is 0 Å². The summed E-state index contributed by atoms with van der Waals surface area (Å²) in [6.45, 7) is 6.82. The number of likely N-dealkylation sites (N-methyl/N-ethyl adjacent to an activating group) is 1. The van der Waals surface area contributed by atoms with E-state index in [9.17, 15) is 9.59 Å². The third-order valence-corrected chi connectivity index (χ3v) is 4.93. The van der Waals surface area contributed by atoms with E-state index in [2.05, 4.69) is 6.58 Å². The monoisotopic (exact) mass is 345 g/mol. The van der Waals surface area contributed by atoms with E-state index in [4.69, 9.17) is 4.42 Å². The number of carbonyl (C=O) groups is 1. The maximum Gasteiger partial charge on any atom is 0.336 e. The fraction of sp³-hybridized carbons (Fsp3) is 0.182. The summed E-state index contributed by atoms with van der Waals surface area (Å²) < 4.78 is 5.34. The molecule has 3 aromatic rings. The first-order chi connectivity index (χ1) is 12.6. The highest BCUT2D eigenvalue weighted by Gasteiger charge is 2.24. The number of hydrogen-bond acceptors (Lipinski definition) is 3. The van der Waals surface area contributed by atoms with Gasteiger partial charge in [0, 0.05) is 30.1 Å². The summed E-state index contributed by atoms with van der Waals surface area (Å²) in [5.41, 5.74) is 4.92. The number of allylic oxidation sites excluding steroid dienone is 1. The summed E-state index contributed by atoms with van der Waals surface area (Å²) in [4.78, 5) is 26.4. The van der Waals surface area contributed by atoms with Crippen molar-refractivity contribution in [3.8, 4) is 0 Å². The second kappa shape index (κ2) is 6.30. The zero-order valence-corrected chi connectivity index (χ0v) is 14.6. The lowest BCUT2D eigenvalue weighted by Gasteiger charge is -2.24. The zero-order valence-electron chi connectivity index (χ0n) is 14.6. The Hall–Kier alpha value is -3.14. The van der Waals surface area contributed by atoms with Crippen molar-refractivity contribution in [1.29, 1.82) is 0 Å². The van der Waals surface area contributed by atoms with Crippen LogP contribution in [-0.2, 0) is 17.6 Å². The quantitative estimate of drug-likeness (QED) is 0.627. The van der Waals surface area contributed by atoms with Crippen LogP contribution in [0.1, 0.15) is 23.6 Å². The molecular weight excluding hydrogens is 326 g/mol. The van der Waals surface area contributed by atoms with Gasteiger partial charge in [0.05, 0.1) is 6.42 Å². The Kier molecular flexibility index (Phi) is 3.96. The van der Waals surface area contributed by atoms with E-state index in [1.165, 1.54) is 6.07 Å². The minimum Gasteiger partial charge on any atom is -0.423 e. The first-order valence-corrected chi connectivity index (χ1v) is 8.70. The highest BCUT2D eigenvalue weighted by molar-refractivity contribution is 6.00. The third-order valence-electron chi connectivity index (χ3n) is 4.93. The van der Waals surface area contributed by atoms with E-state index in [-0.39, 0.29) is 11.5 Å². The molecule has 0 aliphatic carbocycles. The molecule has 2 aromatic carbocycles. The standard InChI is InChI=1S/C22H19NO3/c1-3-23-19-9-10-20-17(8-11-22(25)26-20)18(19)12-14(2)16-7-5-4-6-15(16)13-21(23)24/h4-11H,2-3,12-13H2,1H3. The molecule has 4 heteroatoms. The Bertz CT molecular complexity index is 1090. The van der Waals surface area contributed by atoms with Crippen LogP contribution >= 0.6 is 0 Å². The topological polar surface area (TPSA) is 50.5 Å². The van der Waals surface area contributed by atoms with Gasteiger partial charge in [0.2, 0.25) is 5.91 Å². The lowest BCUT2D eigenvalue weighted by molar-refractivity contribution is -0.117. The van der Waals surface area contributed by atoms with Crippen LogP contribution in [0.25, 0.3) is 16.5 Å². The fourth-order valence-corrected chi connectivity index (χ4v) is 3.70. The average Bonchev–Trinajstić information content (AvgIpc) is 2.67. The fourth-order valence-electron chi connectivity index (χ4n) is 3.70. The second-order valence-corrected chi connectivity index (χ2v) is 6.48. The highest BCUT2D eigenvalue weighted by atomic mass is 16.4. The molecule has 26 heavy (non-hydrogen) atoms. The number of fused-ring (bicyclic) bond motifs is 4. The molecule has 2 heterocycles. The molecule has 0 fully saturated rings. The van der Waals surface area contributed by atoms with Crippen molar-refractivity contribution in [1.82, 2.24) is 0 Å². The van der Waals surface area contributed by atoms with E-state index in [1.807, 2.05) is 37.3 Å². The summed E-state index contributed by atoms with van der Waals surface area (Å²) in [6.07, 6.45) is 0.922. The smallest absolute Gasteiger partial charge is 0.336 e. The maximum absolute atomic E-state index is 13.0. The number of rotatable bonds is 1. The largest absolute Gasteiger partial charge is 0.423 e. The summed E-state index contributed by atoms with van der Waals surface area (Å²) >= 11 is 0. The molecule has 130 valence electrons. The van der Waals surface area contributed by atoms with Crippen LogP contribution in [-0.4, -0.2) is 12.5 Å². The average molecular weight is 345 g/mol. The maximum atomic E-state index is 13.0. The lowest BCUT2D eigenvalue weighted by Crippen LogP contribution is -2.32. The lowest BCUT2D eigenvalue weighted by atomic mass is 9.93. The molecule has 1 aliphatic heterocycles. The Morgan fingerprint density at radius 3 is 2.65 bits per heavy atom. The van der Waals surface area contributed by atoms with Gasteiger partial charge in [-0.1, -0.05) is 30.8 Å². The molecular formula is C22H19NO3. The Balaban J connectivity index is 2.00. The number of hydrogen-bond donors (Lipinski definition) is 0. The van der Waals surface area contributed by atoms with Gasteiger partial charge in [-0.3, -0.25) is 4.79 Å². The number of carbonyl (C=O) groups excluding carboxylic acids is 1. The van der Waals surface area contributed by atoms with Gasteiger partial charge in [-0.2, -0.15) is 0 Å². The van der Waals surface area contributed by atoms with Crippen LogP contribution in [0.4, 0.5) is 5.69 Å². The van der Waals surface area contributed by atoms with Crippen molar-refractivity contribution in [2.45, 2.75) is 19.8 Å². The van der Waals surface area contributed by atoms with Gasteiger partial charge in [-0.25, -0.2) is 4.79 Å². The van der Waals surface area contributed by atoms with E-state index in [1.54, 1.807) is 17.0 Å². The number of benzene rings is 2. The molecule has 0 N–H and O–H groups in total. The minimum absolute atomic E-state index is 0.0487. The van der Waals surface area contributed by atoms with E-state index in [0.29, 0.717) is 25.0 Å². The Morgan fingerprint density at radius 1 is 1.04 bits per heavy atom. The molecule has 1 amide bonds. The molecule has 0 radical (unpaired) electrons. The summed E-state index contributed by atoms with van der Waals surface area (Å²) in [5, 5.41) is 0.842. The van der Waals surface area contributed by atoms with Crippen molar-refractivity contribution in [2.75, 3.05) is 11.4 Å². The molecule has 0 saturated carbocycles. The van der Waals surface area contributed by atoms with Crippen molar-refractivity contribution < 1.29 is 9.21 Å². The van der Waals surface area contributed by atoms with Gasteiger partial charge < -0.3 is 9.32 Å². The number of nitrogens with zero attached hydrogens (tertiary/aromatic N) is 1. The van der Waals surface area contributed by atoms with Gasteiger partial charge in [0.15, 0.2) is 0 Å². The molecule has 4 nitrogen and oxygen atoms in total. The molecule has 1 aromatic heterocycles. The molecule has 0 spiro atoms. The second-order valence-electron chi connectivity index (χ2n) is 6.48. The van der Waals surface area contributed by atoms with Crippen LogP contribution in [0.5, 0.6) is 0 Å². The van der Waals surface area contributed by atoms with E-state index >= 15 is 0 Å². The van der Waals surface area contributed by atoms with Gasteiger partial charge in [-0.15, -0.1) is 0 Å². The Labute approximate surface area is 151 Å². The van der Waals surface area contributed by atoms with Crippen molar-refractivity contribution >= 4 is 28.1 Å². The van der Waals surface area contributed by atoms with Gasteiger partial charge in [0.1, 0.15) is 5.58 Å². The Morgan fingerprint density at radius 2 is 1.85 bits per heavy atom. The normalized spacial score (nSPS) is 14.4. The first-order valence-electron chi connectivity index (χ1n) is 8.70. The molecule has 4 rings (SSSR count). The molecule has 0 bridgehead atoms. The van der Waals surface area contributed by atoms with Gasteiger partial charge in [-0.05, 0) is 47.4 Å². The predicted octanol–water partition coefficient (Wildman–Crippen LogP) is 3.96. The van der Waals surface area contributed by atoms with Crippen LogP contribution in [0.3, 0.4) is 0 Å². The van der Waals surface area contributed by atoms with Crippen molar-refractivity contribution in [3.05, 3.63) is 82.2 Å². The predicted molar refractivity (Wildman–Crippen MR) is 103 cm³/mol. The van der Waals surface area contributed by atoms with Crippen LogP contribution in [0.2, 0.25) is 0 Å². The highest BCUT2D eigenvalue weighted by Crippen LogP contribution is 2.35. The summed E-state index contributed by atoms with van der Waals surface area (Å²) in [7, 11) is 0. The SMILES string of the molecule is C=C1Cc2c(ccc3oc(=O)ccc23)N(CC)C(=O)Cc2ccccc21. The first kappa shape index (κ1) is 16.3. The third kappa shape index (κ3) is 2.64. The van der Waals surface area contributed by atoms with E-state index < -0.39 is 0 Å². The van der Waals surface area contributed by atoms with E-state index in [0.717, 1.165) is 33.3 Å². The summed E-state index contributed by atoms with van der Waals surface area (Å²) in [6, 6.07) is 14.7. The van der Waals surface area contributed by atoms with Gasteiger partial charge in [0.25, 0.3) is 0 Å². The zero-order chi connectivity index (χ0) is 18.3. The van der Waals surface area contributed by atoms with Crippen molar-refractivity contribution in [2.24, 2.45) is 0 Å². The number of amides is 1. The van der Waals surface area contributed by atoms with Gasteiger partial charge >= 0.3 is 5.63 Å². The van der Waals surface area contributed by atoms with Crippen LogP contribution < -0.4 is 10.5 Å².